The van der Waals surface area contributed by atoms with E-state index in [0.29, 0.717) is 12.0 Å². The van der Waals surface area contributed by atoms with Gasteiger partial charge in [-0.1, -0.05) is 13.8 Å². The summed E-state index contributed by atoms with van der Waals surface area (Å²) in [6.45, 7) is 7.11. The molecule has 5 nitrogen and oxygen atoms in total. The Kier molecular flexibility index (Phi) is 5.19. The first kappa shape index (κ1) is 19.4. The summed E-state index contributed by atoms with van der Waals surface area (Å²) in [7, 11) is 0. The number of esters is 1. The molecule has 28 heavy (non-hydrogen) atoms. The fraction of sp³-hybridized carbons (Fsp3) is 0.545. The lowest BCUT2D eigenvalue weighted by atomic mass is 9.69. The molecule has 150 valence electrons. The van der Waals surface area contributed by atoms with Gasteiger partial charge >= 0.3 is 5.97 Å². The zero-order valence-corrected chi connectivity index (χ0v) is 17.5. The number of ether oxygens (including phenoxy) is 2. The molecule has 0 bridgehead atoms. The van der Waals surface area contributed by atoms with Crippen molar-refractivity contribution >= 4 is 23.1 Å². The Balaban J connectivity index is 1.67. The van der Waals surface area contributed by atoms with Crippen molar-refractivity contribution < 1.29 is 19.1 Å². The standard InChI is InChI=1S/C22H27NO4S/c1-13-18(21(25)27-11-15-5-4-7-26-15)19(14-6-8-28-12-14)20-16(23-13)9-22(2,3)10-17(20)24/h6,8,12,15,19,23H,4-5,7,9-11H2,1-3H3/t15-,19+/m1/s1. The van der Waals surface area contributed by atoms with E-state index in [1.807, 2.05) is 23.8 Å². The molecule has 4 rings (SSSR count). The largest absolute Gasteiger partial charge is 0.459 e. The molecule has 0 spiro atoms. The molecule has 0 aromatic carbocycles. The summed E-state index contributed by atoms with van der Waals surface area (Å²) in [5, 5.41) is 7.37. The number of rotatable bonds is 4. The van der Waals surface area contributed by atoms with Crippen molar-refractivity contribution in [2.75, 3.05) is 13.2 Å². The minimum atomic E-state index is -0.360. The van der Waals surface area contributed by atoms with Gasteiger partial charge in [0.25, 0.3) is 0 Å². The summed E-state index contributed by atoms with van der Waals surface area (Å²) >= 11 is 1.57. The predicted octanol–water partition coefficient (Wildman–Crippen LogP) is 4.07. The predicted molar refractivity (Wildman–Crippen MR) is 108 cm³/mol. The first-order valence-electron chi connectivity index (χ1n) is 9.90. The van der Waals surface area contributed by atoms with E-state index in [1.165, 1.54) is 0 Å². The van der Waals surface area contributed by atoms with Gasteiger partial charge in [-0.15, -0.1) is 0 Å². The third kappa shape index (κ3) is 3.67. The van der Waals surface area contributed by atoms with Gasteiger partial charge < -0.3 is 14.8 Å². The summed E-state index contributed by atoms with van der Waals surface area (Å²) < 4.78 is 11.2. The Morgan fingerprint density at radius 3 is 2.89 bits per heavy atom. The molecule has 3 heterocycles. The fourth-order valence-corrected chi connectivity index (χ4v) is 5.19. The molecule has 1 aromatic rings. The van der Waals surface area contributed by atoms with Crippen LogP contribution in [0.2, 0.25) is 0 Å². The van der Waals surface area contributed by atoms with Crippen molar-refractivity contribution in [3.63, 3.8) is 0 Å². The first-order valence-corrected chi connectivity index (χ1v) is 10.8. The topological polar surface area (TPSA) is 64.6 Å². The van der Waals surface area contributed by atoms with E-state index in [0.717, 1.165) is 48.4 Å². The van der Waals surface area contributed by atoms with Gasteiger partial charge in [0.1, 0.15) is 6.61 Å². The number of nitrogens with one attached hydrogen (secondary N) is 1. The van der Waals surface area contributed by atoms with E-state index in [1.54, 1.807) is 11.3 Å². The van der Waals surface area contributed by atoms with Crippen LogP contribution in [-0.2, 0) is 19.1 Å². The Hall–Kier alpha value is -1.92. The van der Waals surface area contributed by atoms with Gasteiger partial charge in [0.15, 0.2) is 5.78 Å². The highest BCUT2D eigenvalue weighted by atomic mass is 32.1. The average Bonchev–Trinajstić information content (AvgIpc) is 3.31. The van der Waals surface area contributed by atoms with Crippen LogP contribution < -0.4 is 5.32 Å². The van der Waals surface area contributed by atoms with Gasteiger partial charge in [-0.25, -0.2) is 4.79 Å². The van der Waals surface area contributed by atoms with E-state index in [2.05, 4.69) is 19.2 Å². The first-order chi connectivity index (χ1) is 13.4. The molecule has 0 amide bonds. The summed E-state index contributed by atoms with van der Waals surface area (Å²) in [6, 6.07) is 2.00. The van der Waals surface area contributed by atoms with Crippen LogP contribution in [0.5, 0.6) is 0 Å². The van der Waals surface area contributed by atoms with E-state index >= 15 is 0 Å². The van der Waals surface area contributed by atoms with E-state index in [-0.39, 0.29) is 35.8 Å². The SMILES string of the molecule is CC1=C(C(=O)OC[C@H]2CCCO2)[C@H](c2ccsc2)C2=C(CC(C)(C)CC2=O)N1. The quantitative estimate of drug-likeness (QED) is 0.771. The van der Waals surface area contributed by atoms with Crippen molar-refractivity contribution in [2.24, 2.45) is 5.41 Å². The maximum atomic E-state index is 13.1. The smallest absolute Gasteiger partial charge is 0.336 e. The number of carbonyl (C=O) groups is 2. The monoisotopic (exact) mass is 401 g/mol. The second kappa shape index (κ2) is 7.48. The average molecular weight is 402 g/mol. The third-order valence-electron chi connectivity index (χ3n) is 5.76. The highest BCUT2D eigenvalue weighted by Crippen LogP contribution is 2.47. The Morgan fingerprint density at radius 1 is 1.39 bits per heavy atom. The van der Waals surface area contributed by atoms with Crippen molar-refractivity contribution in [1.29, 1.82) is 0 Å². The van der Waals surface area contributed by atoms with Crippen molar-refractivity contribution in [2.45, 2.75) is 58.5 Å². The minimum absolute atomic E-state index is 0.0205. The normalized spacial score (nSPS) is 26.9. The fourth-order valence-electron chi connectivity index (χ4n) is 4.50. The molecule has 2 aliphatic heterocycles. The van der Waals surface area contributed by atoms with Gasteiger partial charge in [-0.2, -0.15) is 11.3 Å². The molecular weight excluding hydrogens is 374 g/mol. The highest BCUT2D eigenvalue weighted by Gasteiger charge is 2.43. The number of allylic oxidation sites excluding steroid dienone is 3. The molecule has 0 saturated carbocycles. The number of dihydropyridines is 1. The van der Waals surface area contributed by atoms with Crippen molar-refractivity contribution in [3.05, 3.63) is 44.9 Å². The van der Waals surface area contributed by atoms with Crippen molar-refractivity contribution in [1.82, 2.24) is 5.32 Å². The lowest BCUT2D eigenvalue weighted by Gasteiger charge is -2.39. The maximum Gasteiger partial charge on any atom is 0.336 e. The third-order valence-corrected chi connectivity index (χ3v) is 6.46. The van der Waals surface area contributed by atoms with Gasteiger partial charge in [-0.05, 0) is 54.0 Å². The molecule has 3 aliphatic rings. The van der Waals surface area contributed by atoms with Crippen LogP contribution >= 0.6 is 11.3 Å². The van der Waals surface area contributed by atoms with E-state index in [4.69, 9.17) is 9.47 Å². The molecule has 1 aromatic heterocycles. The molecule has 0 unspecified atom stereocenters. The lowest BCUT2D eigenvalue weighted by Crippen LogP contribution is -2.38. The summed E-state index contributed by atoms with van der Waals surface area (Å²) in [5.41, 5.74) is 3.90. The zero-order valence-electron chi connectivity index (χ0n) is 16.7. The number of thiophene rings is 1. The number of hydrogen-bond acceptors (Lipinski definition) is 6. The second-order valence-corrected chi connectivity index (χ2v) is 9.50. The van der Waals surface area contributed by atoms with Crippen LogP contribution in [0.1, 0.15) is 57.9 Å². The van der Waals surface area contributed by atoms with Crippen LogP contribution in [0.4, 0.5) is 0 Å². The zero-order chi connectivity index (χ0) is 19.9. The Morgan fingerprint density at radius 2 is 2.21 bits per heavy atom. The summed E-state index contributed by atoms with van der Waals surface area (Å²) in [4.78, 5) is 26.2. The lowest BCUT2D eigenvalue weighted by molar-refractivity contribution is -0.142. The number of Topliss-reactive ketones (excluding diaryl/α,β-unsaturated/α-hetero) is 1. The molecule has 6 heteroatoms. The second-order valence-electron chi connectivity index (χ2n) is 8.72. The van der Waals surface area contributed by atoms with Crippen LogP contribution in [-0.4, -0.2) is 31.1 Å². The number of carbonyl (C=O) groups excluding carboxylic acids is 2. The van der Waals surface area contributed by atoms with Crippen molar-refractivity contribution in [3.8, 4) is 0 Å². The Bertz CT molecular complexity index is 844. The van der Waals surface area contributed by atoms with Gasteiger partial charge in [0, 0.05) is 35.9 Å². The highest BCUT2D eigenvalue weighted by molar-refractivity contribution is 7.08. The minimum Gasteiger partial charge on any atom is -0.459 e. The van der Waals surface area contributed by atoms with Crippen LogP contribution in [0.25, 0.3) is 0 Å². The van der Waals surface area contributed by atoms with Crippen LogP contribution in [0.15, 0.2) is 39.4 Å². The molecule has 1 saturated heterocycles. The Labute approximate surface area is 169 Å². The number of ketones is 1. The molecule has 1 N–H and O–H groups in total. The van der Waals surface area contributed by atoms with Gasteiger partial charge in [-0.3, -0.25) is 4.79 Å². The van der Waals surface area contributed by atoms with E-state index in [9.17, 15) is 9.59 Å². The summed E-state index contributed by atoms with van der Waals surface area (Å²) in [6.07, 6.45) is 3.19. The van der Waals surface area contributed by atoms with Crippen LogP contribution in [0.3, 0.4) is 0 Å². The summed E-state index contributed by atoms with van der Waals surface area (Å²) in [5.74, 6) is -0.601. The molecular formula is C22H27NO4S. The van der Waals surface area contributed by atoms with Gasteiger partial charge in [0.05, 0.1) is 11.7 Å². The molecule has 1 fully saturated rings. The van der Waals surface area contributed by atoms with Gasteiger partial charge in [0.2, 0.25) is 0 Å². The maximum absolute atomic E-state index is 13.1. The van der Waals surface area contributed by atoms with Crippen LogP contribution in [0, 0.1) is 5.41 Å². The molecule has 2 atom stereocenters. The molecule has 1 aliphatic carbocycles. The number of hydrogen-bond donors (Lipinski definition) is 1. The molecule has 0 radical (unpaired) electrons. The van der Waals surface area contributed by atoms with E-state index < -0.39 is 0 Å².